The van der Waals surface area contributed by atoms with Crippen LogP contribution in [0.1, 0.15) is 26.0 Å². The van der Waals surface area contributed by atoms with Gasteiger partial charge in [-0.1, -0.05) is 11.6 Å². The highest BCUT2D eigenvalue weighted by atomic mass is 35.5. The Balaban J connectivity index is 2.26. The van der Waals surface area contributed by atoms with Crippen molar-refractivity contribution in [3.63, 3.8) is 0 Å². The number of hydrogen-bond donors (Lipinski definition) is 3. The second-order valence-electron chi connectivity index (χ2n) is 5.02. The molecule has 0 unspecified atom stereocenters. The Morgan fingerprint density at radius 2 is 2.24 bits per heavy atom. The van der Waals surface area contributed by atoms with Gasteiger partial charge in [0.25, 0.3) is 0 Å². The zero-order valence-corrected chi connectivity index (χ0v) is 12.6. The molecule has 0 aliphatic carbocycles. The Bertz CT molecular complexity index is 640. The van der Waals surface area contributed by atoms with Gasteiger partial charge >= 0.3 is 5.97 Å². The second-order valence-corrected chi connectivity index (χ2v) is 5.41. The lowest BCUT2D eigenvalue weighted by Gasteiger charge is -2.13. The van der Waals surface area contributed by atoms with E-state index in [1.165, 1.54) is 0 Å². The summed E-state index contributed by atoms with van der Waals surface area (Å²) < 4.78 is 0. The number of halogens is 1. The summed E-state index contributed by atoms with van der Waals surface area (Å²) in [5, 5.41) is 19.5. The van der Waals surface area contributed by atoms with Gasteiger partial charge in [0.1, 0.15) is 5.15 Å². The van der Waals surface area contributed by atoms with Gasteiger partial charge in [-0.15, -0.1) is 0 Å². The molecule has 0 aliphatic rings. The standard InChI is InChI=1S/C14H17ClN4O2/c1-8(2)17-11-6-13(15)16-7-10(11)12-5-9(18-19-12)3-4-14(20)21/h5-8H,3-4H2,1-2H3,(H,16,17)(H,18,19)(H,20,21). The molecule has 0 spiro atoms. The number of aromatic nitrogens is 3. The Morgan fingerprint density at radius 3 is 2.90 bits per heavy atom. The van der Waals surface area contributed by atoms with Crippen LogP contribution in [-0.4, -0.2) is 32.3 Å². The normalized spacial score (nSPS) is 10.9. The summed E-state index contributed by atoms with van der Waals surface area (Å²) in [6, 6.07) is 3.83. The van der Waals surface area contributed by atoms with E-state index in [0.717, 1.165) is 16.9 Å². The number of pyridine rings is 1. The number of carboxylic acid groups (broad SMARTS) is 1. The zero-order valence-electron chi connectivity index (χ0n) is 11.9. The van der Waals surface area contributed by atoms with Crippen LogP contribution in [-0.2, 0) is 11.2 Å². The van der Waals surface area contributed by atoms with Crippen molar-refractivity contribution in [1.29, 1.82) is 0 Å². The van der Waals surface area contributed by atoms with Crippen LogP contribution in [0.5, 0.6) is 0 Å². The van der Waals surface area contributed by atoms with Crippen molar-refractivity contribution in [2.24, 2.45) is 0 Å². The van der Waals surface area contributed by atoms with Crippen LogP contribution >= 0.6 is 11.6 Å². The summed E-state index contributed by atoms with van der Waals surface area (Å²) in [6.07, 6.45) is 2.14. The summed E-state index contributed by atoms with van der Waals surface area (Å²) in [6.45, 7) is 4.06. The highest BCUT2D eigenvalue weighted by Gasteiger charge is 2.12. The van der Waals surface area contributed by atoms with Crippen molar-refractivity contribution in [1.82, 2.24) is 15.2 Å². The van der Waals surface area contributed by atoms with Crippen molar-refractivity contribution in [2.45, 2.75) is 32.7 Å². The van der Waals surface area contributed by atoms with E-state index >= 15 is 0 Å². The molecule has 2 heterocycles. The minimum Gasteiger partial charge on any atom is -0.481 e. The highest BCUT2D eigenvalue weighted by Crippen LogP contribution is 2.29. The summed E-state index contributed by atoms with van der Waals surface area (Å²) in [5.74, 6) is -0.832. The van der Waals surface area contributed by atoms with Crippen molar-refractivity contribution in [3.05, 3.63) is 29.2 Å². The molecule has 3 N–H and O–H groups in total. The Morgan fingerprint density at radius 1 is 1.48 bits per heavy atom. The third kappa shape index (κ3) is 4.19. The van der Waals surface area contributed by atoms with Gasteiger partial charge in [0.15, 0.2) is 0 Å². The van der Waals surface area contributed by atoms with E-state index in [1.54, 1.807) is 12.3 Å². The van der Waals surface area contributed by atoms with E-state index in [4.69, 9.17) is 16.7 Å². The minimum atomic E-state index is -0.832. The van der Waals surface area contributed by atoms with Gasteiger partial charge in [0.05, 0.1) is 12.1 Å². The predicted molar refractivity (Wildman–Crippen MR) is 81.5 cm³/mol. The van der Waals surface area contributed by atoms with E-state index < -0.39 is 5.97 Å². The molecule has 0 bridgehead atoms. The van der Waals surface area contributed by atoms with Crippen LogP contribution in [0.4, 0.5) is 5.69 Å². The molecular formula is C14H17ClN4O2. The SMILES string of the molecule is CC(C)Nc1cc(Cl)ncc1-c1cc(CCC(=O)O)[nH]n1. The molecule has 0 radical (unpaired) electrons. The Kier molecular flexibility index (Phi) is 4.80. The molecule has 0 saturated heterocycles. The van der Waals surface area contributed by atoms with E-state index in [2.05, 4.69) is 20.5 Å². The van der Waals surface area contributed by atoms with Crippen molar-refractivity contribution in [2.75, 3.05) is 5.32 Å². The molecule has 112 valence electrons. The smallest absolute Gasteiger partial charge is 0.303 e. The second kappa shape index (κ2) is 6.58. The first-order valence-electron chi connectivity index (χ1n) is 6.64. The molecule has 21 heavy (non-hydrogen) atoms. The van der Waals surface area contributed by atoms with Crippen LogP contribution < -0.4 is 5.32 Å². The summed E-state index contributed by atoms with van der Waals surface area (Å²) in [4.78, 5) is 14.7. The number of carboxylic acids is 1. The van der Waals surface area contributed by atoms with Crippen molar-refractivity contribution < 1.29 is 9.90 Å². The number of anilines is 1. The third-order valence-corrected chi connectivity index (χ3v) is 3.04. The topological polar surface area (TPSA) is 90.9 Å². The van der Waals surface area contributed by atoms with Crippen LogP contribution in [0, 0.1) is 0 Å². The Labute approximate surface area is 127 Å². The molecule has 0 amide bonds. The molecular weight excluding hydrogens is 292 g/mol. The van der Waals surface area contributed by atoms with Gasteiger partial charge in [-0.05, 0) is 32.4 Å². The number of H-pyrrole nitrogens is 1. The van der Waals surface area contributed by atoms with Gasteiger partial charge in [-0.2, -0.15) is 5.10 Å². The van der Waals surface area contributed by atoms with E-state index in [9.17, 15) is 4.79 Å². The fraction of sp³-hybridized carbons (Fsp3) is 0.357. The highest BCUT2D eigenvalue weighted by molar-refractivity contribution is 6.29. The van der Waals surface area contributed by atoms with Gasteiger partial charge in [-0.3, -0.25) is 9.89 Å². The molecule has 0 atom stereocenters. The predicted octanol–water partition coefficient (Wildman–Crippen LogP) is 2.96. The van der Waals surface area contributed by atoms with E-state index in [-0.39, 0.29) is 12.5 Å². The first kappa shape index (κ1) is 15.3. The molecule has 2 rings (SSSR count). The number of hydrogen-bond acceptors (Lipinski definition) is 4. The van der Waals surface area contributed by atoms with Crippen molar-refractivity contribution in [3.8, 4) is 11.3 Å². The summed E-state index contributed by atoms with van der Waals surface area (Å²) >= 11 is 5.93. The van der Waals surface area contributed by atoms with Gasteiger partial charge < -0.3 is 10.4 Å². The minimum absolute atomic E-state index is 0.0671. The zero-order chi connectivity index (χ0) is 15.4. The number of nitrogens with one attached hydrogen (secondary N) is 2. The number of rotatable bonds is 6. The maximum Gasteiger partial charge on any atom is 0.303 e. The van der Waals surface area contributed by atoms with Gasteiger partial charge in [0.2, 0.25) is 0 Å². The van der Waals surface area contributed by atoms with Gasteiger partial charge in [0, 0.05) is 29.2 Å². The van der Waals surface area contributed by atoms with Crippen LogP contribution in [0.25, 0.3) is 11.3 Å². The summed E-state index contributed by atoms with van der Waals surface area (Å²) in [5.41, 5.74) is 3.16. The average Bonchev–Trinajstić information content (AvgIpc) is 2.84. The number of aliphatic carboxylic acids is 1. The number of nitrogens with zero attached hydrogens (tertiary/aromatic N) is 2. The lowest BCUT2D eigenvalue weighted by Crippen LogP contribution is -2.10. The molecule has 2 aromatic heterocycles. The molecule has 0 aliphatic heterocycles. The monoisotopic (exact) mass is 308 g/mol. The van der Waals surface area contributed by atoms with E-state index in [1.807, 2.05) is 19.9 Å². The molecule has 0 fully saturated rings. The lowest BCUT2D eigenvalue weighted by molar-refractivity contribution is -0.136. The molecule has 0 aromatic carbocycles. The fourth-order valence-corrected chi connectivity index (χ4v) is 2.09. The Hall–Kier alpha value is -2.08. The molecule has 2 aromatic rings. The average molecular weight is 309 g/mol. The maximum absolute atomic E-state index is 10.6. The molecule has 0 saturated carbocycles. The van der Waals surface area contributed by atoms with Gasteiger partial charge in [-0.25, -0.2) is 4.98 Å². The third-order valence-electron chi connectivity index (χ3n) is 2.83. The lowest BCUT2D eigenvalue weighted by atomic mass is 10.1. The molecule has 6 nitrogen and oxygen atoms in total. The van der Waals surface area contributed by atoms with Crippen LogP contribution in [0.3, 0.4) is 0 Å². The van der Waals surface area contributed by atoms with Crippen LogP contribution in [0.2, 0.25) is 5.15 Å². The largest absolute Gasteiger partial charge is 0.481 e. The molecule has 7 heteroatoms. The first-order valence-corrected chi connectivity index (χ1v) is 7.02. The number of carbonyl (C=O) groups is 1. The first-order chi connectivity index (χ1) is 9.95. The fourth-order valence-electron chi connectivity index (χ4n) is 1.93. The number of aryl methyl sites for hydroxylation is 1. The maximum atomic E-state index is 10.6. The number of aromatic amines is 1. The quantitative estimate of drug-likeness (QED) is 0.714. The van der Waals surface area contributed by atoms with Crippen molar-refractivity contribution >= 4 is 23.3 Å². The summed E-state index contributed by atoms with van der Waals surface area (Å²) in [7, 11) is 0. The van der Waals surface area contributed by atoms with E-state index in [0.29, 0.717) is 17.3 Å². The van der Waals surface area contributed by atoms with Crippen LogP contribution in [0.15, 0.2) is 18.3 Å².